The first-order chi connectivity index (χ1) is 12.8. The lowest BCUT2D eigenvalue weighted by atomic mass is 9.52. The topological polar surface area (TPSA) is 49.8 Å². The molecule has 5 rings (SSSR count). The Morgan fingerprint density at radius 1 is 1.30 bits per heavy atom. The molecule has 4 aliphatic carbocycles. The molecule has 1 aromatic carbocycles. The van der Waals surface area contributed by atoms with Gasteiger partial charge in [0.25, 0.3) is 0 Å². The number of amides is 1. The maximum atomic E-state index is 12.7. The van der Waals surface area contributed by atoms with Crippen molar-refractivity contribution in [1.29, 1.82) is 0 Å². The summed E-state index contributed by atoms with van der Waals surface area (Å²) in [6.45, 7) is 0. The van der Waals surface area contributed by atoms with E-state index in [1.165, 1.54) is 11.8 Å². The van der Waals surface area contributed by atoms with Gasteiger partial charge < -0.3 is 14.7 Å². The molecule has 4 fully saturated rings. The molecular formula is C20H25Cl2NO3S. The summed E-state index contributed by atoms with van der Waals surface area (Å²) in [6, 6.07) is 5.38. The molecule has 2 atom stereocenters. The van der Waals surface area contributed by atoms with Crippen LogP contribution in [0.2, 0.25) is 10.0 Å². The molecule has 0 spiro atoms. The zero-order valence-corrected chi connectivity index (χ0v) is 17.7. The average molecular weight is 430 g/mol. The number of halogens is 2. The average Bonchev–Trinajstić information content (AvgIpc) is 2.58. The molecule has 0 aromatic heterocycles. The standard InChI is InChI=1S/C20H25Cl2NO3S/c1-23(19-13-4-12-5-14(19)9-20(25,7-12)8-13)18(24)10-27-11-26-17-3-2-15(21)6-16(17)22/h2-3,6,12-14,19,25H,4-5,7-11H2,1H3. The Morgan fingerprint density at radius 3 is 2.63 bits per heavy atom. The summed E-state index contributed by atoms with van der Waals surface area (Å²) in [5.74, 6) is 3.00. The number of carbonyl (C=O) groups excluding carboxylic acids is 1. The Bertz CT molecular complexity index is 715. The first-order valence-electron chi connectivity index (χ1n) is 9.48. The molecule has 4 saturated carbocycles. The fourth-order valence-corrected chi connectivity index (χ4v) is 6.82. The highest BCUT2D eigenvalue weighted by molar-refractivity contribution is 7.99. The molecule has 1 amide bonds. The highest BCUT2D eigenvalue weighted by Gasteiger charge is 2.56. The number of ether oxygens (including phenoxy) is 1. The second-order valence-electron chi connectivity index (χ2n) is 8.37. The smallest absolute Gasteiger partial charge is 0.232 e. The van der Waals surface area contributed by atoms with Gasteiger partial charge in [-0.2, -0.15) is 0 Å². The van der Waals surface area contributed by atoms with Crippen molar-refractivity contribution < 1.29 is 14.6 Å². The Kier molecular flexibility index (Phi) is 5.58. The van der Waals surface area contributed by atoms with E-state index in [-0.39, 0.29) is 11.9 Å². The maximum absolute atomic E-state index is 12.7. The molecule has 1 N–H and O–H groups in total. The predicted molar refractivity (Wildman–Crippen MR) is 109 cm³/mol. The number of benzene rings is 1. The van der Waals surface area contributed by atoms with E-state index in [2.05, 4.69) is 0 Å². The fraction of sp³-hybridized carbons (Fsp3) is 0.650. The van der Waals surface area contributed by atoms with Gasteiger partial charge in [0.2, 0.25) is 5.91 Å². The van der Waals surface area contributed by atoms with Gasteiger partial charge in [0.15, 0.2) is 0 Å². The maximum Gasteiger partial charge on any atom is 0.232 e. The molecule has 2 unspecified atom stereocenters. The zero-order valence-electron chi connectivity index (χ0n) is 15.4. The van der Waals surface area contributed by atoms with Gasteiger partial charge in [-0.05, 0) is 68.1 Å². The molecular weight excluding hydrogens is 405 g/mol. The minimum Gasteiger partial charge on any atom is -0.481 e. The molecule has 0 saturated heterocycles. The molecule has 27 heavy (non-hydrogen) atoms. The van der Waals surface area contributed by atoms with Crippen molar-refractivity contribution in [3.63, 3.8) is 0 Å². The van der Waals surface area contributed by atoms with Crippen LogP contribution in [0.25, 0.3) is 0 Å². The molecule has 7 heteroatoms. The molecule has 0 aliphatic heterocycles. The van der Waals surface area contributed by atoms with E-state index in [4.69, 9.17) is 27.9 Å². The van der Waals surface area contributed by atoms with Crippen LogP contribution in [0.4, 0.5) is 0 Å². The zero-order chi connectivity index (χ0) is 19.2. The van der Waals surface area contributed by atoms with Gasteiger partial charge >= 0.3 is 0 Å². The van der Waals surface area contributed by atoms with Gasteiger partial charge in [-0.25, -0.2) is 0 Å². The summed E-state index contributed by atoms with van der Waals surface area (Å²) in [5.41, 5.74) is -0.461. The first-order valence-corrected chi connectivity index (χ1v) is 11.4. The summed E-state index contributed by atoms with van der Waals surface area (Å²) in [7, 11) is 1.93. The van der Waals surface area contributed by atoms with Gasteiger partial charge in [-0.3, -0.25) is 4.79 Å². The number of rotatable bonds is 6. The predicted octanol–water partition coefficient (Wildman–Crippen LogP) is 4.46. The van der Waals surface area contributed by atoms with E-state index in [0.717, 1.165) is 32.1 Å². The number of carbonyl (C=O) groups is 1. The van der Waals surface area contributed by atoms with E-state index in [0.29, 0.717) is 45.2 Å². The van der Waals surface area contributed by atoms with Crippen LogP contribution in [0.3, 0.4) is 0 Å². The highest BCUT2D eigenvalue weighted by Crippen LogP contribution is 2.56. The quantitative estimate of drug-likeness (QED) is 0.535. The number of aliphatic hydroxyl groups is 1. The van der Waals surface area contributed by atoms with Crippen LogP contribution in [-0.4, -0.2) is 46.3 Å². The van der Waals surface area contributed by atoms with E-state index >= 15 is 0 Å². The highest BCUT2D eigenvalue weighted by atomic mass is 35.5. The minimum atomic E-state index is -0.461. The van der Waals surface area contributed by atoms with Crippen LogP contribution in [0.5, 0.6) is 5.75 Å². The third kappa shape index (κ3) is 4.07. The van der Waals surface area contributed by atoms with E-state index in [9.17, 15) is 9.90 Å². The van der Waals surface area contributed by atoms with Crippen LogP contribution in [-0.2, 0) is 4.79 Å². The number of nitrogens with zero attached hydrogens (tertiary/aromatic N) is 1. The summed E-state index contributed by atoms with van der Waals surface area (Å²) in [4.78, 5) is 14.7. The van der Waals surface area contributed by atoms with Crippen molar-refractivity contribution >= 4 is 40.9 Å². The lowest BCUT2D eigenvalue weighted by Gasteiger charge is -2.59. The second kappa shape index (κ2) is 7.66. The Morgan fingerprint density at radius 2 is 2.00 bits per heavy atom. The summed E-state index contributed by atoms with van der Waals surface area (Å²) < 4.78 is 5.64. The van der Waals surface area contributed by atoms with Gasteiger partial charge in [0.1, 0.15) is 11.7 Å². The van der Waals surface area contributed by atoms with Gasteiger partial charge in [-0.15, -0.1) is 11.8 Å². The van der Waals surface area contributed by atoms with Crippen LogP contribution in [0, 0.1) is 17.8 Å². The van der Waals surface area contributed by atoms with E-state index < -0.39 is 5.60 Å². The number of hydrogen-bond acceptors (Lipinski definition) is 4. The van der Waals surface area contributed by atoms with Crippen LogP contribution in [0.15, 0.2) is 18.2 Å². The normalized spacial score (nSPS) is 33.9. The lowest BCUT2D eigenvalue weighted by Crippen LogP contribution is -2.62. The SMILES string of the molecule is CN(C(=O)CSCOc1ccc(Cl)cc1Cl)C1C2CC3CC1CC(O)(C3)C2. The van der Waals surface area contributed by atoms with Gasteiger partial charge in [0.05, 0.1) is 16.4 Å². The van der Waals surface area contributed by atoms with Gasteiger partial charge in [0, 0.05) is 18.1 Å². The van der Waals surface area contributed by atoms with Crippen molar-refractivity contribution in [3.8, 4) is 5.75 Å². The van der Waals surface area contributed by atoms with Crippen LogP contribution >= 0.6 is 35.0 Å². The Labute approximate surface area is 174 Å². The summed E-state index contributed by atoms with van der Waals surface area (Å²) in [6.07, 6.45) is 4.99. The van der Waals surface area contributed by atoms with Crippen molar-refractivity contribution in [2.75, 3.05) is 18.7 Å². The number of hydrogen-bond donors (Lipinski definition) is 1. The lowest BCUT2D eigenvalue weighted by molar-refractivity contribution is -0.166. The molecule has 1 aromatic rings. The molecule has 148 valence electrons. The van der Waals surface area contributed by atoms with Crippen molar-refractivity contribution in [1.82, 2.24) is 4.90 Å². The second-order valence-corrected chi connectivity index (χ2v) is 10.2. The Balaban J connectivity index is 1.27. The fourth-order valence-electron chi connectivity index (χ4n) is 5.68. The third-order valence-corrected chi connectivity index (χ3v) is 7.71. The van der Waals surface area contributed by atoms with Crippen molar-refractivity contribution in [2.24, 2.45) is 17.8 Å². The van der Waals surface area contributed by atoms with Crippen molar-refractivity contribution in [2.45, 2.75) is 43.7 Å². The summed E-state index contributed by atoms with van der Waals surface area (Å²) >= 11 is 13.4. The molecule has 4 nitrogen and oxygen atoms in total. The van der Waals surface area contributed by atoms with E-state index in [1.807, 2.05) is 11.9 Å². The monoisotopic (exact) mass is 429 g/mol. The third-order valence-electron chi connectivity index (χ3n) is 6.45. The first kappa shape index (κ1) is 19.7. The molecule has 0 radical (unpaired) electrons. The number of thioether (sulfide) groups is 1. The molecule has 4 aliphatic rings. The molecule has 4 bridgehead atoms. The minimum absolute atomic E-state index is 0.135. The van der Waals surface area contributed by atoms with Crippen LogP contribution < -0.4 is 4.74 Å². The summed E-state index contributed by atoms with van der Waals surface area (Å²) in [5, 5.41) is 11.8. The van der Waals surface area contributed by atoms with Crippen molar-refractivity contribution in [3.05, 3.63) is 28.2 Å². The molecule has 0 heterocycles. The van der Waals surface area contributed by atoms with E-state index in [1.54, 1.807) is 18.2 Å². The Hall–Kier alpha value is -0.620. The van der Waals surface area contributed by atoms with Crippen LogP contribution in [0.1, 0.15) is 32.1 Å². The largest absolute Gasteiger partial charge is 0.481 e. The van der Waals surface area contributed by atoms with Gasteiger partial charge in [-0.1, -0.05) is 23.2 Å².